The molecule has 0 saturated heterocycles. The number of benzene rings is 1. The molecule has 0 unspecified atom stereocenters. The van der Waals surface area contributed by atoms with E-state index in [-0.39, 0.29) is 0 Å². The number of rotatable bonds is 6. The highest BCUT2D eigenvalue weighted by Gasteiger charge is 2.04. The Morgan fingerprint density at radius 2 is 2.26 bits per heavy atom. The van der Waals surface area contributed by atoms with Gasteiger partial charge in [0.15, 0.2) is 0 Å². The van der Waals surface area contributed by atoms with Gasteiger partial charge >= 0.3 is 0 Å². The molecule has 102 valence electrons. The van der Waals surface area contributed by atoms with Crippen LogP contribution in [0.15, 0.2) is 35.1 Å². The second-order valence-electron chi connectivity index (χ2n) is 4.29. The average Bonchev–Trinajstić information content (AvgIpc) is 2.82. The second-order valence-corrected chi connectivity index (χ2v) is 5.14. The van der Waals surface area contributed by atoms with Crippen molar-refractivity contribution in [3.8, 4) is 5.69 Å². The van der Waals surface area contributed by atoms with Crippen LogP contribution < -0.4 is 5.32 Å². The van der Waals surface area contributed by atoms with Gasteiger partial charge < -0.3 is 14.6 Å². The highest BCUT2D eigenvalue weighted by molar-refractivity contribution is 9.10. The molecule has 0 aliphatic rings. The highest BCUT2D eigenvalue weighted by Crippen LogP contribution is 2.21. The van der Waals surface area contributed by atoms with Gasteiger partial charge in [0, 0.05) is 42.8 Å². The second kappa shape index (κ2) is 6.84. The van der Waals surface area contributed by atoms with Crippen molar-refractivity contribution in [3.05, 3.63) is 46.5 Å². The fourth-order valence-corrected chi connectivity index (χ4v) is 2.38. The number of hydrogen-bond acceptors (Lipinski definition) is 3. The van der Waals surface area contributed by atoms with Crippen molar-refractivity contribution >= 4 is 15.9 Å². The largest absolute Gasteiger partial charge is 0.383 e. The van der Waals surface area contributed by atoms with E-state index in [1.807, 2.05) is 19.3 Å². The summed E-state index contributed by atoms with van der Waals surface area (Å²) in [6.07, 6.45) is 3.77. The van der Waals surface area contributed by atoms with E-state index in [9.17, 15) is 0 Å². The summed E-state index contributed by atoms with van der Waals surface area (Å²) in [6.45, 7) is 4.40. The van der Waals surface area contributed by atoms with E-state index < -0.39 is 0 Å². The maximum absolute atomic E-state index is 5.01. The van der Waals surface area contributed by atoms with Crippen LogP contribution in [0.2, 0.25) is 0 Å². The molecule has 0 spiro atoms. The molecule has 0 aliphatic heterocycles. The van der Waals surface area contributed by atoms with Gasteiger partial charge in [0.05, 0.1) is 6.61 Å². The van der Waals surface area contributed by atoms with Crippen molar-refractivity contribution in [1.82, 2.24) is 14.9 Å². The standard InChI is InChI=1S/C14H18BrN3O/c1-11-17-5-7-18(11)13-4-3-12(14(15)9-13)10-16-6-8-19-2/h3-5,7,9,16H,6,8,10H2,1-2H3. The minimum atomic E-state index is 0.726. The van der Waals surface area contributed by atoms with E-state index in [0.29, 0.717) is 0 Å². The van der Waals surface area contributed by atoms with Crippen LogP contribution in [0.5, 0.6) is 0 Å². The minimum absolute atomic E-state index is 0.726. The van der Waals surface area contributed by atoms with Crippen LogP contribution >= 0.6 is 15.9 Å². The normalized spacial score (nSPS) is 10.9. The number of nitrogens with zero attached hydrogens (tertiary/aromatic N) is 2. The molecule has 2 aromatic rings. The summed E-state index contributed by atoms with van der Waals surface area (Å²) in [5.41, 5.74) is 2.35. The molecule has 5 heteroatoms. The molecule has 4 nitrogen and oxygen atoms in total. The molecular formula is C14H18BrN3O. The third kappa shape index (κ3) is 3.65. The van der Waals surface area contributed by atoms with Gasteiger partial charge in [0.25, 0.3) is 0 Å². The van der Waals surface area contributed by atoms with E-state index >= 15 is 0 Å². The fraction of sp³-hybridized carbons (Fsp3) is 0.357. The summed E-state index contributed by atoms with van der Waals surface area (Å²) in [5, 5.41) is 3.33. The summed E-state index contributed by atoms with van der Waals surface area (Å²) in [5.74, 6) is 0.984. The van der Waals surface area contributed by atoms with Crippen molar-refractivity contribution in [2.24, 2.45) is 0 Å². The van der Waals surface area contributed by atoms with Gasteiger partial charge in [-0.05, 0) is 24.6 Å². The lowest BCUT2D eigenvalue weighted by Crippen LogP contribution is -2.18. The third-order valence-corrected chi connectivity index (χ3v) is 3.68. The van der Waals surface area contributed by atoms with Crippen LogP contribution in [-0.4, -0.2) is 29.8 Å². The zero-order valence-electron chi connectivity index (χ0n) is 11.2. The Morgan fingerprint density at radius 3 is 2.89 bits per heavy atom. The van der Waals surface area contributed by atoms with Crippen LogP contribution in [0.25, 0.3) is 5.69 Å². The SMILES string of the molecule is COCCNCc1ccc(-n2ccnc2C)cc1Br. The smallest absolute Gasteiger partial charge is 0.110 e. The Bertz CT molecular complexity index is 539. The number of halogens is 1. The van der Waals surface area contributed by atoms with Crippen LogP contribution in [0.3, 0.4) is 0 Å². The molecule has 0 bridgehead atoms. The van der Waals surface area contributed by atoms with Crippen molar-refractivity contribution in [1.29, 1.82) is 0 Å². The number of hydrogen-bond donors (Lipinski definition) is 1. The molecule has 1 heterocycles. The van der Waals surface area contributed by atoms with Crippen LogP contribution in [0.1, 0.15) is 11.4 Å². The number of imidazole rings is 1. The Labute approximate surface area is 121 Å². The molecule has 1 aromatic heterocycles. The minimum Gasteiger partial charge on any atom is -0.383 e. The van der Waals surface area contributed by atoms with Crippen LogP contribution in [0.4, 0.5) is 0 Å². The summed E-state index contributed by atoms with van der Waals surface area (Å²) >= 11 is 3.62. The van der Waals surface area contributed by atoms with Crippen LogP contribution in [0, 0.1) is 6.92 Å². The van der Waals surface area contributed by atoms with E-state index in [1.54, 1.807) is 7.11 Å². The first-order valence-electron chi connectivity index (χ1n) is 6.21. The quantitative estimate of drug-likeness (QED) is 0.831. The third-order valence-electron chi connectivity index (χ3n) is 2.94. The van der Waals surface area contributed by atoms with E-state index in [1.165, 1.54) is 5.56 Å². The van der Waals surface area contributed by atoms with Gasteiger partial charge in [0.2, 0.25) is 0 Å². The summed E-state index contributed by atoms with van der Waals surface area (Å²) < 4.78 is 8.17. The monoisotopic (exact) mass is 323 g/mol. The number of ether oxygens (including phenoxy) is 1. The average molecular weight is 324 g/mol. The van der Waals surface area contributed by atoms with Crippen molar-refractivity contribution in [2.45, 2.75) is 13.5 Å². The van der Waals surface area contributed by atoms with E-state index in [0.717, 1.165) is 35.7 Å². The first-order valence-corrected chi connectivity index (χ1v) is 7.00. The zero-order valence-corrected chi connectivity index (χ0v) is 12.8. The Kier molecular flexibility index (Phi) is 5.13. The topological polar surface area (TPSA) is 39.1 Å². The first-order chi connectivity index (χ1) is 9.22. The molecular weight excluding hydrogens is 306 g/mol. The molecule has 1 N–H and O–H groups in total. The lowest BCUT2D eigenvalue weighted by molar-refractivity contribution is 0.199. The lowest BCUT2D eigenvalue weighted by atomic mass is 10.2. The van der Waals surface area contributed by atoms with Gasteiger partial charge in [-0.2, -0.15) is 0 Å². The van der Waals surface area contributed by atoms with Gasteiger partial charge in [0.1, 0.15) is 5.82 Å². The summed E-state index contributed by atoms with van der Waals surface area (Å²) in [4.78, 5) is 4.24. The number of nitrogens with one attached hydrogen (secondary N) is 1. The van der Waals surface area contributed by atoms with E-state index in [4.69, 9.17) is 4.74 Å². The maximum Gasteiger partial charge on any atom is 0.110 e. The fourth-order valence-electron chi connectivity index (χ4n) is 1.88. The molecule has 2 rings (SSSR count). The summed E-state index contributed by atoms with van der Waals surface area (Å²) in [6, 6.07) is 6.34. The molecule has 19 heavy (non-hydrogen) atoms. The van der Waals surface area contributed by atoms with Crippen molar-refractivity contribution in [3.63, 3.8) is 0 Å². The van der Waals surface area contributed by atoms with Gasteiger partial charge in [-0.1, -0.05) is 22.0 Å². The zero-order chi connectivity index (χ0) is 13.7. The Hall–Kier alpha value is -1.17. The highest BCUT2D eigenvalue weighted by atomic mass is 79.9. The first kappa shape index (κ1) is 14.2. The number of aromatic nitrogens is 2. The van der Waals surface area contributed by atoms with Crippen molar-refractivity contribution in [2.75, 3.05) is 20.3 Å². The van der Waals surface area contributed by atoms with Crippen molar-refractivity contribution < 1.29 is 4.74 Å². The number of methoxy groups -OCH3 is 1. The van der Waals surface area contributed by atoms with Gasteiger partial charge in [-0.25, -0.2) is 4.98 Å². The molecule has 0 amide bonds. The molecule has 0 fully saturated rings. The van der Waals surface area contributed by atoms with E-state index in [2.05, 4.69) is 49.0 Å². The Morgan fingerprint density at radius 1 is 1.42 bits per heavy atom. The maximum atomic E-state index is 5.01. The van der Waals surface area contributed by atoms with Crippen LogP contribution in [-0.2, 0) is 11.3 Å². The molecule has 0 radical (unpaired) electrons. The molecule has 1 aromatic carbocycles. The molecule has 0 saturated carbocycles. The predicted molar refractivity (Wildman–Crippen MR) is 79.6 cm³/mol. The number of aryl methyl sites for hydroxylation is 1. The molecule has 0 atom stereocenters. The summed E-state index contributed by atoms with van der Waals surface area (Å²) in [7, 11) is 1.71. The predicted octanol–water partition coefficient (Wildman–Crippen LogP) is 2.68. The Balaban J connectivity index is 2.07. The van der Waals surface area contributed by atoms with Gasteiger partial charge in [-0.3, -0.25) is 0 Å². The molecule has 0 aliphatic carbocycles. The lowest BCUT2D eigenvalue weighted by Gasteiger charge is -2.10. The van der Waals surface area contributed by atoms with Gasteiger partial charge in [-0.15, -0.1) is 0 Å².